The zero-order valence-electron chi connectivity index (χ0n) is 8.25. The van der Waals surface area contributed by atoms with Crippen molar-refractivity contribution < 1.29 is 13.5 Å². The van der Waals surface area contributed by atoms with Gasteiger partial charge in [0.1, 0.15) is 10.8 Å². The van der Waals surface area contributed by atoms with Gasteiger partial charge in [-0.3, -0.25) is 0 Å². The van der Waals surface area contributed by atoms with Gasteiger partial charge in [-0.05, 0) is 34.1 Å². The fourth-order valence-corrected chi connectivity index (χ4v) is 1.81. The average Bonchev–Trinajstić information content (AvgIpc) is 2.25. The zero-order chi connectivity index (χ0) is 12.4. The van der Waals surface area contributed by atoms with Crippen LogP contribution >= 0.6 is 27.5 Å². The Morgan fingerprint density at radius 2 is 2.00 bits per heavy atom. The van der Waals surface area contributed by atoms with Crippen LogP contribution in [-0.2, 0) is 0 Å². The molecule has 6 heteroatoms. The SMILES string of the molecule is Fc1ccc(Oc2ncc(Br)cc2Cl)c(F)c1. The van der Waals surface area contributed by atoms with Crippen LogP contribution in [0.4, 0.5) is 8.78 Å². The highest BCUT2D eigenvalue weighted by atomic mass is 79.9. The summed E-state index contributed by atoms with van der Waals surface area (Å²) in [6, 6.07) is 4.54. The third kappa shape index (κ3) is 2.92. The molecule has 17 heavy (non-hydrogen) atoms. The van der Waals surface area contributed by atoms with Crippen LogP contribution in [0.1, 0.15) is 0 Å². The molecule has 2 nitrogen and oxygen atoms in total. The van der Waals surface area contributed by atoms with E-state index in [1.807, 2.05) is 0 Å². The van der Waals surface area contributed by atoms with Gasteiger partial charge in [0.05, 0.1) is 0 Å². The lowest BCUT2D eigenvalue weighted by Crippen LogP contribution is -1.92. The van der Waals surface area contributed by atoms with Gasteiger partial charge in [0, 0.05) is 16.7 Å². The summed E-state index contributed by atoms with van der Waals surface area (Å²) in [4.78, 5) is 3.88. The monoisotopic (exact) mass is 319 g/mol. The summed E-state index contributed by atoms with van der Waals surface area (Å²) in [5.74, 6) is -1.57. The Bertz CT molecular complexity index is 516. The first-order valence-electron chi connectivity index (χ1n) is 4.50. The normalized spacial score (nSPS) is 10.4. The molecular weight excluding hydrogens is 315 g/mol. The summed E-state index contributed by atoms with van der Waals surface area (Å²) in [7, 11) is 0. The summed E-state index contributed by atoms with van der Waals surface area (Å²) in [6.07, 6.45) is 1.46. The minimum absolute atomic E-state index is 0.0559. The van der Waals surface area contributed by atoms with Gasteiger partial charge in [0.2, 0.25) is 5.88 Å². The smallest absolute Gasteiger partial charge is 0.238 e. The van der Waals surface area contributed by atoms with E-state index in [0.29, 0.717) is 4.47 Å². The molecule has 1 aromatic carbocycles. The van der Waals surface area contributed by atoms with Crippen molar-refractivity contribution >= 4 is 27.5 Å². The number of rotatable bonds is 2. The fourth-order valence-electron chi connectivity index (χ4n) is 1.14. The number of nitrogens with zero attached hydrogens (tertiary/aromatic N) is 1. The zero-order valence-corrected chi connectivity index (χ0v) is 10.6. The maximum atomic E-state index is 13.3. The number of benzene rings is 1. The Hall–Kier alpha value is -1.20. The van der Waals surface area contributed by atoms with Gasteiger partial charge < -0.3 is 4.74 Å². The van der Waals surface area contributed by atoms with Gasteiger partial charge in [-0.15, -0.1) is 0 Å². The largest absolute Gasteiger partial charge is 0.434 e. The van der Waals surface area contributed by atoms with E-state index in [9.17, 15) is 8.78 Å². The van der Waals surface area contributed by atoms with Crippen molar-refractivity contribution in [3.05, 3.63) is 51.6 Å². The van der Waals surface area contributed by atoms with Crippen molar-refractivity contribution in [2.45, 2.75) is 0 Å². The molecule has 0 saturated carbocycles. The van der Waals surface area contributed by atoms with Gasteiger partial charge in [0.25, 0.3) is 0 Å². The van der Waals surface area contributed by atoms with Crippen molar-refractivity contribution in [1.82, 2.24) is 4.98 Å². The topological polar surface area (TPSA) is 22.1 Å². The molecule has 2 aromatic rings. The van der Waals surface area contributed by atoms with Crippen molar-refractivity contribution in [2.24, 2.45) is 0 Å². The fraction of sp³-hybridized carbons (Fsp3) is 0. The molecule has 1 heterocycles. The van der Waals surface area contributed by atoms with E-state index in [-0.39, 0.29) is 16.7 Å². The molecule has 0 atom stereocenters. The second kappa shape index (κ2) is 4.98. The lowest BCUT2D eigenvalue weighted by molar-refractivity contribution is 0.424. The molecule has 0 aliphatic rings. The molecule has 0 spiro atoms. The number of hydrogen-bond acceptors (Lipinski definition) is 2. The van der Waals surface area contributed by atoms with Gasteiger partial charge >= 0.3 is 0 Å². The highest BCUT2D eigenvalue weighted by molar-refractivity contribution is 9.10. The maximum absolute atomic E-state index is 13.3. The maximum Gasteiger partial charge on any atom is 0.238 e. The minimum atomic E-state index is -0.814. The van der Waals surface area contributed by atoms with Gasteiger partial charge in [0.15, 0.2) is 11.6 Å². The Kier molecular flexibility index (Phi) is 3.59. The minimum Gasteiger partial charge on any atom is -0.434 e. The third-order valence-electron chi connectivity index (χ3n) is 1.87. The second-order valence-corrected chi connectivity index (χ2v) is 4.44. The summed E-state index contributed by atoms with van der Waals surface area (Å²) in [5, 5.41) is 0.225. The number of hydrogen-bond donors (Lipinski definition) is 0. The molecule has 0 N–H and O–H groups in total. The van der Waals surface area contributed by atoms with Crippen molar-refractivity contribution in [1.29, 1.82) is 0 Å². The summed E-state index contributed by atoms with van der Waals surface area (Å²) < 4.78 is 31.8. The van der Waals surface area contributed by atoms with E-state index in [2.05, 4.69) is 20.9 Å². The van der Waals surface area contributed by atoms with Crippen LogP contribution in [-0.4, -0.2) is 4.98 Å². The van der Waals surface area contributed by atoms with Gasteiger partial charge in [-0.25, -0.2) is 13.8 Å². The van der Waals surface area contributed by atoms with Crippen LogP contribution in [0.3, 0.4) is 0 Å². The molecule has 0 unspecified atom stereocenters. The van der Waals surface area contributed by atoms with Crippen LogP contribution in [0.15, 0.2) is 34.9 Å². The van der Waals surface area contributed by atoms with E-state index in [1.54, 1.807) is 6.07 Å². The van der Waals surface area contributed by atoms with Gasteiger partial charge in [-0.2, -0.15) is 0 Å². The summed E-state index contributed by atoms with van der Waals surface area (Å²) in [5.41, 5.74) is 0. The molecule has 88 valence electrons. The Labute approximate surface area is 109 Å². The molecule has 0 radical (unpaired) electrons. The average molecular weight is 321 g/mol. The highest BCUT2D eigenvalue weighted by Crippen LogP contribution is 2.30. The molecular formula is C11H5BrClF2NO. The first kappa shape index (κ1) is 12.3. The number of pyridine rings is 1. The van der Waals surface area contributed by atoms with E-state index in [4.69, 9.17) is 16.3 Å². The lowest BCUT2D eigenvalue weighted by Gasteiger charge is -2.07. The van der Waals surface area contributed by atoms with E-state index < -0.39 is 11.6 Å². The van der Waals surface area contributed by atoms with E-state index in [0.717, 1.165) is 12.1 Å². The van der Waals surface area contributed by atoms with Crippen LogP contribution in [0.2, 0.25) is 5.02 Å². The first-order valence-corrected chi connectivity index (χ1v) is 5.67. The van der Waals surface area contributed by atoms with Crippen LogP contribution < -0.4 is 4.74 Å². The lowest BCUT2D eigenvalue weighted by atomic mass is 10.3. The summed E-state index contributed by atoms with van der Waals surface area (Å²) >= 11 is 9.03. The molecule has 0 aliphatic heterocycles. The number of halogens is 4. The highest BCUT2D eigenvalue weighted by Gasteiger charge is 2.10. The Morgan fingerprint density at radius 3 is 2.65 bits per heavy atom. The third-order valence-corrected chi connectivity index (χ3v) is 2.58. The van der Waals surface area contributed by atoms with Crippen LogP contribution in [0.25, 0.3) is 0 Å². The first-order chi connectivity index (χ1) is 8.06. The molecule has 0 aliphatic carbocycles. The predicted molar refractivity (Wildman–Crippen MR) is 63.4 cm³/mol. The second-order valence-electron chi connectivity index (χ2n) is 3.12. The number of aromatic nitrogens is 1. The van der Waals surface area contributed by atoms with Crippen molar-refractivity contribution in [2.75, 3.05) is 0 Å². The Balaban J connectivity index is 2.31. The van der Waals surface area contributed by atoms with E-state index in [1.165, 1.54) is 12.3 Å². The van der Waals surface area contributed by atoms with Crippen molar-refractivity contribution in [3.63, 3.8) is 0 Å². The van der Waals surface area contributed by atoms with Gasteiger partial charge in [-0.1, -0.05) is 11.6 Å². The summed E-state index contributed by atoms with van der Waals surface area (Å²) in [6.45, 7) is 0. The molecule has 1 aromatic heterocycles. The molecule has 0 bridgehead atoms. The molecule has 2 rings (SSSR count). The molecule has 0 saturated heterocycles. The number of ether oxygens (including phenoxy) is 1. The Morgan fingerprint density at radius 1 is 1.24 bits per heavy atom. The van der Waals surface area contributed by atoms with Crippen LogP contribution in [0.5, 0.6) is 11.6 Å². The van der Waals surface area contributed by atoms with Crippen molar-refractivity contribution in [3.8, 4) is 11.6 Å². The van der Waals surface area contributed by atoms with Crippen LogP contribution in [0, 0.1) is 11.6 Å². The quantitative estimate of drug-likeness (QED) is 0.809. The van der Waals surface area contributed by atoms with E-state index >= 15 is 0 Å². The standard InChI is InChI=1S/C11H5BrClF2NO/c12-6-3-8(13)11(16-5-6)17-10-2-1-7(14)4-9(10)15/h1-5H. The predicted octanol–water partition coefficient (Wildman–Crippen LogP) is 4.57. The molecule has 0 fully saturated rings. The molecule has 0 amide bonds.